The number of carboxylic acids is 1. The molecule has 0 heterocycles. The van der Waals surface area contributed by atoms with Gasteiger partial charge in [0.15, 0.2) is 0 Å². The van der Waals surface area contributed by atoms with Gasteiger partial charge in [0.1, 0.15) is 11.8 Å². The predicted molar refractivity (Wildman–Crippen MR) is 67.0 cm³/mol. The molecule has 0 saturated heterocycles. The Morgan fingerprint density at radius 3 is 2.35 bits per heavy atom. The predicted octanol–water partition coefficient (Wildman–Crippen LogP) is 2.35. The van der Waals surface area contributed by atoms with Gasteiger partial charge in [-0.3, -0.25) is 4.79 Å². The van der Waals surface area contributed by atoms with Crippen molar-refractivity contribution in [2.75, 3.05) is 0 Å². The molecule has 1 unspecified atom stereocenters. The Kier molecular flexibility index (Phi) is 6.28. The summed E-state index contributed by atoms with van der Waals surface area (Å²) >= 11 is 0. The minimum atomic E-state index is -4.78. The van der Waals surface area contributed by atoms with E-state index in [4.69, 9.17) is 5.11 Å². The number of para-hydroxylation sites is 1. The van der Waals surface area contributed by atoms with Gasteiger partial charge < -0.3 is 15.2 Å². The molecular weight excluding hydrogens is 329 g/mol. The molecule has 0 saturated carbocycles. The molecule has 128 valence electrons. The fraction of sp³-hybridized carbons (Fsp3) is 0.385. The number of carbonyl (C=O) groups is 2. The number of carbonyl (C=O) groups excluding carboxylic acids is 1. The molecule has 0 aromatic heterocycles. The largest absolute Gasteiger partial charge is 0.480 e. The summed E-state index contributed by atoms with van der Waals surface area (Å²) < 4.78 is 65.3. The van der Waals surface area contributed by atoms with Crippen LogP contribution in [0.15, 0.2) is 24.3 Å². The average molecular weight is 341 g/mol. The molecule has 0 aliphatic heterocycles. The fourth-order valence-electron chi connectivity index (χ4n) is 1.71. The number of hydrogen-bond donors (Lipinski definition) is 2. The number of amides is 1. The second-order valence-electron chi connectivity index (χ2n) is 4.44. The van der Waals surface area contributed by atoms with Crippen molar-refractivity contribution >= 4 is 11.9 Å². The van der Waals surface area contributed by atoms with Crippen LogP contribution >= 0.6 is 0 Å². The van der Waals surface area contributed by atoms with Gasteiger partial charge in [-0.2, -0.15) is 22.0 Å². The SMILES string of the molecule is O=C(Cc1ccccc1OC(F)F)NC(CC(F)(F)F)C(=O)O. The first-order valence-corrected chi connectivity index (χ1v) is 6.20. The first-order chi connectivity index (χ1) is 10.6. The highest BCUT2D eigenvalue weighted by atomic mass is 19.4. The summed E-state index contributed by atoms with van der Waals surface area (Å²) in [6.45, 7) is -3.14. The van der Waals surface area contributed by atoms with Gasteiger partial charge in [-0.1, -0.05) is 18.2 Å². The molecule has 0 fully saturated rings. The fourth-order valence-corrected chi connectivity index (χ4v) is 1.71. The van der Waals surface area contributed by atoms with Crippen LogP contribution in [-0.4, -0.2) is 35.8 Å². The van der Waals surface area contributed by atoms with E-state index in [9.17, 15) is 31.5 Å². The molecular formula is C13H12F5NO4. The van der Waals surface area contributed by atoms with Crippen molar-refractivity contribution in [3.05, 3.63) is 29.8 Å². The molecule has 1 rings (SSSR count). The molecule has 0 bridgehead atoms. The van der Waals surface area contributed by atoms with Crippen LogP contribution in [0.1, 0.15) is 12.0 Å². The van der Waals surface area contributed by atoms with Crippen LogP contribution in [0.3, 0.4) is 0 Å². The first kappa shape index (κ1) is 18.7. The van der Waals surface area contributed by atoms with Gasteiger partial charge in [0.25, 0.3) is 0 Å². The third-order valence-electron chi connectivity index (χ3n) is 2.61. The molecule has 1 aromatic carbocycles. The lowest BCUT2D eigenvalue weighted by atomic mass is 10.1. The van der Waals surface area contributed by atoms with Crippen LogP contribution in [0, 0.1) is 0 Å². The van der Waals surface area contributed by atoms with E-state index in [-0.39, 0.29) is 11.3 Å². The number of aliphatic carboxylic acids is 1. The Morgan fingerprint density at radius 2 is 1.83 bits per heavy atom. The number of carboxylic acid groups (broad SMARTS) is 1. The third-order valence-corrected chi connectivity index (χ3v) is 2.61. The molecule has 0 spiro atoms. The van der Waals surface area contributed by atoms with Crippen molar-refractivity contribution in [2.45, 2.75) is 31.7 Å². The topological polar surface area (TPSA) is 75.6 Å². The van der Waals surface area contributed by atoms with Gasteiger partial charge in [-0.25, -0.2) is 4.79 Å². The highest BCUT2D eigenvalue weighted by Crippen LogP contribution is 2.23. The molecule has 1 aromatic rings. The number of hydrogen-bond acceptors (Lipinski definition) is 3. The second kappa shape index (κ2) is 7.75. The van der Waals surface area contributed by atoms with Crippen molar-refractivity contribution in [1.82, 2.24) is 5.32 Å². The molecule has 0 radical (unpaired) electrons. The maximum absolute atomic E-state index is 12.2. The van der Waals surface area contributed by atoms with E-state index in [1.165, 1.54) is 18.2 Å². The number of ether oxygens (including phenoxy) is 1. The summed E-state index contributed by atoms with van der Waals surface area (Å²) in [4.78, 5) is 22.4. The zero-order valence-electron chi connectivity index (χ0n) is 11.4. The van der Waals surface area contributed by atoms with Crippen molar-refractivity contribution in [3.8, 4) is 5.75 Å². The lowest BCUT2D eigenvalue weighted by Gasteiger charge is -2.17. The number of halogens is 5. The van der Waals surface area contributed by atoms with Crippen LogP contribution in [0.5, 0.6) is 5.75 Å². The van der Waals surface area contributed by atoms with E-state index in [1.54, 1.807) is 5.32 Å². The second-order valence-corrected chi connectivity index (χ2v) is 4.44. The summed E-state index contributed by atoms with van der Waals surface area (Å²) in [7, 11) is 0. The van der Waals surface area contributed by atoms with E-state index in [2.05, 4.69) is 4.74 Å². The van der Waals surface area contributed by atoms with Crippen LogP contribution in [-0.2, 0) is 16.0 Å². The van der Waals surface area contributed by atoms with Crippen LogP contribution in [0.2, 0.25) is 0 Å². The van der Waals surface area contributed by atoms with Gasteiger partial charge >= 0.3 is 18.8 Å². The summed E-state index contributed by atoms with van der Waals surface area (Å²) in [6, 6.07) is 3.02. The Morgan fingerprint density at radius 1 is 1.22 bits per heavy atom. The summed E-state index contributed by atoms with van der Waals surface area (Å²) in [6.07, 6.45) is -7.14. The first-order valence-electron chi connectivity index (χ1n) is 6.20. The highest BCUT2D eigenvalue weighted by Gasteiger charge is 2.36. The standard InChI is InChI=1S/C13H12F5NO4/c14-12(15)23-9-4-2-1-3-7(9)5-10(20)19-8(11(21)22)6-13(16,17)18/h1-4,8,12H,5-6H2,(H,19,20)(H,21,22). The zero-order valence-corrected chi connectivity index (χ0v) is 11.4. The van der Waals surface area contributed by atoms with Crippen LogP contribution < -0.4 is 10.1 Å². The molecule has 10 heteroatoms. The lowest BCUT2D eigenvalue weighted by molar-refractivity contribution is -0.159. The smallest absolute Gasteiger partial charge is 0.391 e. The van der Waals surface area contributed by atoms with Gasteiger partial charge in [0.05, 0.1) is 12.8 Å². The average Bonchev–Trinajstić information content (AvgIpc) is 2.38. The maximum Gasteiger partial charge on any atom is 0.391 e. The summed E-state index contributed by atoms with van der Waals surface area (Å²) in [5.74, 6) is -3.24. The van der Waals surface area contributed by atoms with E-state index in [1.807, 2.05) is 0 Å². The van der Waals surface area contributed by atoms with Gasteiger partial charge in [0, 0.05) is 5.56 Å². The molecule has 0 aliphatic carbocycles. The quantitative estimate of drug-likeness (QED) is 0.747. The van der Waals surface area contributed by atoms with Crippen molar-refractivity contribution in [1.29, 1.82) is 0 Å². The van der Waals surface area contributed by atoms with Gasteiger partial charge in [0.2, 0.25) is 5.91 Å². The lowest BCUT2D eigenvalue weighted by Crippen LogP contribution is -2.44. The van der Waals surface area contributed by atoms with Gasteiger partial charge in [-0.15, -0.1) is 0 Å². The minimum absolute atomic E-state index is 0.0125. The Labute approximate surface area is 127 Å². The molecule has 1 amide bonds. The van der Waals surface area contributed by atoms with Gasteiger partial charge in [-0.05, 0) is 6.07 Å². The van der Waals surface area contributed by atoms with Crippen molar-refractivity contribution in [3.63, 3.8) is 0 Å². The van der Waals surface area contributed by atoms with E-state index >= 15 is 0 Å². The highest BCUT2D eigenvalue weighted by molar-refractivity contribution is 5.85. The third kappa shape index (κ3) is 6.94. The molecule has 0 aliphatic rings. The summed E-state index contributed by atoms with van der Waals surface area (Å²) in [5, 5.41) is 10.4. The Bertz CT molecular complexity index is 562. The minimum Gasteiger partial charge on any atom is -0.480 e. The number of alkyl halides is 5. The van der Waals surface area contributed by atoms with Crippen molar-refractivity contribution < 1.29 is 41.4 Å². The van der Waals surface area contributed by atoms with Crippen molar-refractivity contribution in [2.24, 2.45) is 0 Å². The van der Waals surface area contributed by atoms with E-state index in [0.29, 0.717) is 0 Å². The van der Waals surface area contributed by atoms with Crippen LogP contribution in [0.4, 0.5) is 22.0 Å². The zero-order chi connectivity index (χ0) is 17.6. The number of benzene rings is 1. The number of nitrogens with one attached hydrogen (secondary N) is 1. The molecule has 5 nitrogen and oxygen atoms in total. The maximum atomic E-state index is 12.2. The van der Waals surface area contributed by atoms with E-state index in [0.717, 1.165) is 6.07 Å². The normalized spacial score (nSPS) is 12.8. The summed E-state index contributed by atoms with van der Waals surface area (Å²) in [5.41, 5.74) is -0.0125. The molecule has 23 heavy (non-hydrogen) atoms. The Balaban J connectivity index is 2.77. The van der Waals surface area contributed by atoms with Crippen LogP contribution in [0.25, 0.3) is 0 Å². The van der Waals surface area contributed by atoms with E-state index < -0.39 is 43.5 Å². The monoisotopic (exact) mass is 341 g/mol. The number of rotatable bonds is 7. The molecule has 2 N–H and O–H groups in total. The Hall–Kier alpha value is -2.39. The molecule has 1 atom stereocenters.